The molecule has 0 aromatic heterocycles. The van der Waals surface area contributed by atoms with E-state index < -0.39 is 52.0 Å². The molecule has 0 spiro atoms. The Morgan fingerprint density at radius 1 is 0.721 bits per heavy atom. The molecule has 2 N–H and O–H groups in total. The Bertz CT molecular complexity index is 964. The maximum atomic E-state index is 12.8. The van der Waals surface area contributed by atoms with Gasteiger partial charge in [-0.3, -0.25) is 4.79 Å². The van der Waals surface area contributed by atoms with Crippen LogP contribution in [0.5, 0.6) is 0 Å². The molecular formula is C35H65NO7. The number of amides is 1. The van der Waals surface area contributed by atoms with Crippen molar-refractivity contribution in [3.63, 3.8) is 0 Å². The molecule has 252 valence electrons. The lowest BCUT2D eigenvalue weighted by Gasteiger charge is -2.53. The van der Waals surface area contributed by atoms with Crippen LogP contribution in [0.4, 0.5) is 4.79 Å². The third kappa shape index (κ3) is 12.4. The summed E-state index contributed by atoms with van der Waals surface area (Å²) >= 11 is 0. The molecule has 3 atom stereocenters. The normalized spacial score (nSPS) is 15.7. The zero-order chi connectivity index (χ0) is 34.4. The Labute approximate surface area is 263 Å². The lowest BCUT2D eigenvalue weighted by molar-refractivity contribution is -0.170. The number of alkyl carbamates (subject to hydrolysis) is 1. The number of rotatable bonds is 15. The predicted octanol–water partition coefficient (Wildman–Crippen LogP) is 7.86. The van der Waals surface area contributed by atoms with Crippen LogP contribution in [0.25, 0.3) is 0 Å². The smallest absolute Gasteiger partial charge is 0.407 e. The van der Waals surface area contributed by atoms with Crippen LogP contribution in [0.15, 0.2) is 12.2 Å². The van der Waals surface area contributed by atoms with Crippen LogP contribution < -0.4 is 5.32 Å². The summed E-state index contributed by atoms with van der Waals surface area (Å²) in [5, 5.41) is 14.0. The zero-order valence-electron chi connectivity index (χ0n) is 30.4. The second-order valence-corrected chi connectivity index (χ2v) is 17.1. The summed E-state index contributed by atoms with van der Waals surface area (Å²) in [5.74, 6) is -0.864. The molecule has 0 fully saturated rings. The van der Waals surface area contributed by atoms with Crippen LogP contribution in [-0.4, -0.2) is 54.6 Å². The van der Waals surface area contributed by atoms with Gasteiger partial charge in [0, 0.05) is 17.9 Å². The van der Waals surface area contributed by atoms with Crippen molar-refractivity contribution < 1.29 is 33.7 Å². The molecule has 0 aromatic rings. The van der Waals surface area contributed by atoms with Crippen LogP contribution in [-0.2, 0) is 23.8 Å². The average Bonchev–Trinajstić information content (AvgIpc) is 2.78. The molecule has 0 aromatic carbocycles. The highest BCUT2D eigenvalue weighted by atomic mass is 16.6. The molecule has 3 unspecified atom stereocenters. The van der Waals surface area contributed by atoms with Crippen molar-refractivity contribution in [1.29, 1.82) is 0 Å². The zero-order valence-corrected chi connectivity index (χ0v) is 30.4. The summed E-state index contributed by atoms with van der Waals surface area (Å²) in [4.78, 5) is 36.8. The van der Waals surface area contributed by atoms with Gasteiger partial charge < -0.3 is 24.6 Å². The Balaban J connectivity index is 6.05. The molecule has 1 amide bonds. The van der Waals surface area contributed by atoms with Gasteiger partial charge in [-0.1, -0.05) is 104 Å². The van der Waals surface area contributed by atoms with Crippen molar-refractivity contribution in [1.82, 2.24) is 5.32 Å². The summed E-state index contributed by atoms with van der Waals surface area (Å²) in [6.45, 7) is 36.0. The van der Waals surface area contributed by atoms with E-state index in [9.17, 15) is 19.5 Å². The van der Waals surface area contributed by atoms with Crippen LogP contribution in [0.3, 0.4) is 0 Å². The standard InChI is InChI=1S/C35H65NO7/c1-23(2)28(39)41-19-18-36-29(40)43-26(31(7,8)9)21-33(12,13)35(16,17)27(42-24(3)37)22-32(10,11)34(14,15)25(38)20-30(4,5)6/h25-27,38H,1,18-22H2,2-17H3,(H,36,40). The molecule has 0 aliphatic carbocycles. The Morgan fingerprint density at radius 2 is 1.19 bits per heavy atom. The summed E-state index contributed by atoms with van der Waals surface area (Å²) in [6, 6.07) is 0. The highest BCUT2D eigenvalue weighted by molar-refractivity contribution is 5.86. The molecule has 0 aliphatic rings. The molecule has 43 heavy (non-hydrogen) atoms. The third-order valence-corrected chi connectivity index (χ3v) is 9.80. The first kappa shape index (κ1) is 40.9. The first-order valence-electron chi connectivity index (χ1n) is 15.6. The summed E-state index contributed by atoms with van der Waals surface area (Å²) in [6.07, 6.45) is -0.355. The fraction of sp³-hybridized carbons (Fsp3) is 0.857. The molecule has 0 rings (SSSR count). The van der Waals surface area contributed by atoms with Crippen molar-refractivity contribution in [2.45, 2.75) is 148 Å². The lowest BCUT2D eigenvalue weighted by Crippen LogP contribution is -2.52. The summed E-state index contributed by atoms with van der Waals surface area (Å²) in [7, 11) is 0. The third-order valence-electron chi connectivity index (χ3n) is 9.80. The molecule has 8 nitrogen and oxygen atoms in total. The Morgan fingerprint density at radius 3 is 1.60 bits per heavy atom. The molecule has 0 bridgehead atoms. The number of hydrogen-bond donors (Lipinski definition) is 2. The van der Waals surface area contributed by atoms with Gasteiger partial charge in [0.15, 0.2) is 0 Å². The van der Waals surface area contributed by atoms with E-state index in [1.807, 2.05) is 20.8 Å². The van der Waals surface area contributed by atoms with E-state index in [0.717, 1.165) is 0 Å². The minimum absolute atomic E-state index is 0.0140. The largest absolute Gasteiger partial charge is 0.462 e. The highest BCUT2D eigenvalue weighted by Crippen LogP contribution is 2.54. The van der Waals surface area contributed by atoms with E-state index in [2.05, 4.69) is 88.1 Å². The van der Waals surface area contributed by atoms with Crippen LogP contribution in [0, 0.1) is 32.5 Å². The topological polar surface area (TPSA) is 111 Å². The van der Waals surface area contributed by atoms with Gasteiger partial charge in [0.1, 0.15) is 18.8 Å². The van der Waals surface area contributed by atoms with E-state index >= 15 is 0 Å². The second-order valence-electron chi connectivity index (χ2n) is 17.1. The first-order valence-corrected chi connectivity index (χ1v) is 15.6. The summed E-state index contributed by atoms with van der Waals surface area (Å²) < 4.78 is 17.1. The number of ether oxygens (including phenoxy) is 3. The highest BCUT2D eigenvalue weighted by Gasteiger charge is 2.52. The number of esters is 2. The Kier molecular flexibility index (Phi) is 14.1. The molecule has 8 heteroatoms. The maximum Gasteiger partial charge on any atom is 0.407 e. The second kappa shape index (κ2) is 14.8. The fourth-order valence-electron chi connectivity index (χ4n) is 4.94. The fourth-order valence-corrected chi connectivity index (χ4v) is 4.94. The first-order chi connectivity index (χ1) is 19.0. The van der Waals surface area contributed by atoms with Gasteiger partial charge in [0.2, 0.25) is 0 Å². The summed E-state index contributed by atoms with van der Waals surface area (Å²) in [5.41, 5.74) is -1.97. The minimum Gasteiger partial charge on any atom is -0.462 e. The quantitative estimate of drug-likeness (QED) is 0.0839. The number of carbonyl (C=O) groups is 3. The van der Waals surface area contributed by atoms with Crippen molar-refractivity contribution in [2.75, 3.05) is 13.2 Å². The van der Waals surface area contributed by atoms with E-state index in [0.29, 0.717) is 24.8 Å². The number of aliphatic hydroxyl groups is 1. The van der Waals surface area contributed by atoms with Gasteiger partial charge in [-0.25, -0.2) is 9.59 Å². The van der Waals surface area contributed by atoms with Gasteiger partial charge in [-0.2, -0.15) is 0 Å². The van der Waals surface area contributed by atoms with E-state index in [4.69, 9.17) is 14.2 Å². The van der Waals surface area contributed by atoms with E-state index in [1.54, 1.807) is 6.92 Å². The van der Waals surface area contributed by atoms with Gasteiger partial charge >= 0.3 is 18.0 Å². The number of nitrogens with one attached hydrogen (secondary N) is 1. The maximum absolute atomic E-state index is 12.8. The lowest BCUT2D eigenvalue weighted by atomic mass is 9.55. The molecule has 0 saturated carbocycles. The predicted molar refractivity (Wildman–Crippen MR) is 173 cm³/mol. The minimum atomic E-state index is -0.591. The molecule has 0 radical (unpaired) electrons. The van der Waals surface area contributed by atoms with Gasteiger partial charge in [-0.15, -0.1) is 0 Å². The van der Waals surface area contributed by atoms with E-state index in [1.165, 1.54) is 6.92 Å². The number of hydrogen-bond acceptors (Lipinski definition) is 7. The van der Waals surface area contributed by atoms with Crippen LogP contribution in [0.1, 0.15) is 130 Å². The number of aliphatic hydroxyl groups excluding tert-OH is 1. The van der Waals surface area contributed by atoms with E-state index in [-0.39, 0.29) is 30.0 Å². The molecule has 0 heterocycles. The van der Waals surface area contributed by atoms with Crippen molar-refractivity contribution in [3.05, 3.63) is 12.2 Å². The van der Waals surface area contributed by atoms with Crippen molar-refractivity contribution in [2.24, 2.45) is 32.5 Å². The SMILES string of the molecule is C=C(C)C(=O)OCCNC(=O)OC(CC(C)(C)C(C)(C)C(CC(C)(C)C(C)(C)C(O)CC(C)(C)C)OC(C)=O)C(C)(C)C. The molecule has 0 aliphatic heterocycles. The van der Waals surface area contributed by atoms with Crippen molar-refractivity contribution in [3.8, 4) is 0 Å². The van der Waals surface area contributed by atoms with Crippen LogP contribution >= 0.6 is 0 Å². The van der Waals surface area contributed by atoms with Gasteiger partial charge in [-0.05, 0) is 53.3 Å². The van der Waals surface area contributed by atoms with Crippen LogP contribution in [0.2, 0.25) is 0 Å². The Hall–Kier alpha value is -2.09. The van der Waals surface area contributed by atoms with Crippen molar-refractivity contribution >= 4 is 18.0 Å². The average molecular weight is 612 g/mol. The number of carbonyl (C=O) groups excluding carboxylic acids is 3. The molecule has 0 saturated heterocycles. The van der Waals surface area contributed by atoms with Gasteiger partial charge in [0.25, 0.3) is 0 Å². The van der Waals surface area contributed by atoms with Gasteiger partial charge in [0.05, 0.1) is 12.6 Å². The molecular weight excluding hydrogens is 546 g/mol. The monoisotopic (exact) mass is 611 g/mol.